The lowest BCUT2D eigenvalue weighted by Gasteiger charge is -2.25. The molecule has 4 rings (SSSR count). The molecule has 4 amide bonds. The Morgan fingerprint density at radius 3 is 2.51 bits per heavy atom. The van der Waals surface area contributed by atoms with E-state index in [1.165, 1.54) is 4.90 Å². The van der Waals surface area contributed by atoms with Gasteiger partial charge in [0.15, 0.2) is 0 Å². The zero-order valence-electron chi connectivity index (χ0n) is 19.3. The second-order valence-corrected chi connectivity index (χ2v) is 8.78. The number of primary amides is 1. The second kappa shape index (κ2) is 10.9. The first-order chi connectivity index (χ1) is 17.0. The maximum Gasteiger partial charge on any atom is 0.243 e. The van der Waals surface area contributed by atoms with Crippen LogP contribution in [0, 0.1) is 0 Å². The van der Waals surface area contributed by atoms with Crippen LogP contribution in [-0.2, 0) is 32.0 Å². The van der Waals surface area contributed by atoms with E-state index in [2.05, 4.69) is 15.6 Å². The van der Waals surface area contributed by atoms with E-state index in [4.69, 9.17) is 5.73 Å². The number of aromatic nitrogens is 1. The summed E-state index contributed by atoms with van der Waals surface area (Å²) in [6.45, 7) is 0.502. The second-order valence-electron chi connectivity index (χ2n) is 8.78. The van der Waals surface area contributed by atoms with Gasteiger partial charge in [0.05, 0.1) is 0 Å². The molecule has 1 aliphatic heterocycles. The molecule has 9 nitrogen and oxygen atoms in total. The third-order valence-electron chi connectivity index (χ3n) is 6.41. The van der Waals surface area contributed by atoms with Gasteiger partial charge in [0.1, 0.15) is 18.1 Å². The summed E-state index contributed by atoms with van der Waals surface area (Å²) < 4.78 is 0. The number of nitrogens with two attached hydrogens (primary N) is 1. The van der Waals surface area contributed by atoms with Crippen LogP contribution >= 0.6 is 0 Å². The van der Waals surface area contributed by atoms with Crippen molar-refractivity contribution in [3.8, 4) is 0 Å². The summed E-state index contributed by atoms with van der Waals surface area (Å²) in [5, 5.41) is 6.48. The summed E-state index contributed by atoms with van der Waals surface area (Å²) in [5.41, 5.74) is 8.20. The molecular weight excluding hydrogens is 446 g/mol. The largest absolute Gasteiger partial charge is 0.368 e. The fraction of sp³-hybridized carbons (Fsp3) is 0.308. The van der Waals surface area contributed by atoms with Crippen molar-refractivity contribution in [3.05, 3.63) is 71.9 Å². The molecule has 2 aromatic carbocycles. The van der Waals surface area contributed by atoms with Crippen molar-refractivity contribution < 1.29 is 19.2 Å². The Morgan fingerprint density at radius 1 is 1.03 bits per heavy atom. The molecule has 35 heavy (non-hydrogen) atoms. The van der Waals surface area contributed by atoms with E-state index in [0.717, 1.165) is 28.5 Å². The molecule has 0 aliphatic carbocycles. The summed E-state index contributed by atoms with van der Waals surface area (Å²) >= 11 is 0. The van der Waals surface area contributed by atoms with Crippen LogP contribution in [0.5, 0.6) is 0 Å². The van der Waals surface area contributed by atoms with Crippen LogP contribution in [0.3, 0.4) is 0 Å². The van der Waals surface area contributed by atoms with Gasteiger partial charge in [0.25, 0.3) is 0 Å². The highest BCUT2D eigenvalue weighted by Crippen LogP contribution is 2.20. The van der Waals surface area contributed by atoms with E-state index < -0.39 is 35.8 Å². The molecule has 0 bridgehead atoms. The van der Waals surface area contributed by atoms with Crippen molar-refractivity contribution in [1.29, 1.82) is 0 Å². The van der Waals surface area contributed by atoms with Gasteiger partial charge in [-0.2, -0.15) is 0 Å². The monoisotopic (exact) mass is 475 g/mol. The lowest BCUT2D eigenvalue weighted by Crippen LogP contribution is -2.56. The van der Waals surface area contributed by atoms with Crippen LogP contribution in [0.15, 0.2) is 60.8 Å². The van der Waals surface area contributed by atoms with Crippen molar-refractivity contribution in [2.45, 2.75) is 43.8 Å². The van der Waals surface area contributed by atoms with E-state index >= 15 is 0 Å². The van der Waals surface area contributed by atoms with E-state index in [0.29, 0.717) is 19.4 Å². The van der Waals surface area contributed by atoms with Crippen molar-refractivity contribution in [2.75, 3.05) is 6.54 Å². The summed E-state index contributed by atoms with van der Waals surface area (Å²) in [7, 11) is 0. The number of nitrogens with zero attached hydrogens (tertiary/aromatic N) is 1. The molecule has 3 aromatic rings. The Labute approximate surface area is 203 Å². The lowest BCUT2D eigenvalue weighted by molar-refractivity contribution is -0.134. The maximum absolute atomic E-state index is 13.4. The molecule has 9 heteroatoms. The van der Waals surface area contributed by atoms with E-state index in [-0.39, 0.29) is 12.8 Å². The summed E-state index contributed by atoms with van der Waals surface area (Å²) in [6, 6.07) is 14.4. The molecule has 1 aromatic heterocycles. The third kappa shape index (κ3) is 5.68. The Balaban J connectivity index is 1.55. The number of benzene rings is 2. The number of fused-ring (bicyclic) bond motifs is 1. The fourth-order valence-electron chi connectivity index (χ4n) is 4.54. The van der Waals surface area contributed by atoms with Gasteiger partial charge >= 0.3 is 0 Å². The minimum atomic E-state index is -0.964. The van der Waals surface area contributed by atoms with Gasteiger partial charge in [0, 0.05) is 36.5 Å². The predicted molar refractivity (Wildman–Crippen MR) is 131 cm³/mol. The average Bonchev–Trinajstić information content (AvgIpc) is 3.51. The Morgan fingerprint density at radius 2 is 1.77 bits per heavy atom. The number of hydrogen-bond donors (Lipinski definition) is 4. The number of hydrogen-bond acceptors (Lipinski definition) is 4. The Bertz CT molecular complexity index is 1210. The molecule has 182 valence electrons. The minimum Gasteiger partial charge on any atom is -0.368 e. The summed E-state index contributed by atoms with van der Waals surface area (Å²) in [6.07, 6.45) is 4.15. The number of para-hydroxylation sites is 1. The van der Waals surface area contributed by atoms with E-state index in [9.17, 15) is 19.2 Å². The molecule has 1 aliphatic rings. The number of carbonyl (C=O) groups is 4. The highest BCUT2D eigenvalue weighted by Gasteiger charge is 2.33. The molecule has 0 spiro atoms. The van der Waals surface area contributed by atoms with Crippen molar-refractivity contribution in [1.82, 2.24) is 20.5 Å². The highest BCUT2D eigenvalue weighted by molar-refractivity contribution is 5.94. The molecule has 5 N–H and O–H groups in total. The molecule has 3 unspecified atom stereocenters. The zero-order valence-corrected chi connectivity index (χ0v) is 19.3. The molecule has 0 saturated carbocycles. The van der Waals surface area contributed by atoms with Crippen LogP contribution in [0.1, 0.15) is 24.0 Å². The number of aromatic amines is 1. The Hall–Kier alpha value is -4.14. The first-order valence-electron chi connectivity index (χ1n) is 11.7. The van der Waals surface area contributed by atoms with Gasteiger partial charge in [0.2, 0.25) is 24.1 Å². The number of amides is 4. The van der Waals surface area contributed by atoms with Crippen molar-refractivity contribution in [3.63, 3.8) is 0 Å². The zero-order chi connectivity index (χ0) is 24.8. The standard InChI is InChI=1S/C26H29N5O4/c27-24(33)21(13-17-7-2-1-3-8-17)29-25(34)22(30-26(35)23-11-6-12-31(23)16-32)14-18-15-28-20-10-5-4-9-19(18)20/h1-5,7-10,15-16,21-23,28H,6,11-14H2,(H2,27,33)(H,29,34)(H,30,35). The van der Waals surface area contributed by atoms with Crippen molar-refractivity contribution in [2.24, 2.45) is 5.73 Å². The van der Waals surface area contributed by atoms with Gasteiger partial charge in [-0.1, -0.05) is 48.5 Å². The molecule has 3 atom stereocenters. The van der Waals surface area contributed by atoms with Crippen LogP contribution in [0.4, 0.5) is 0 Å². The van der Waals surface area contributed by atoms with Gasteiger partial charge in [-0.25, -0.2) is 0 Å². The molecule has 0 radical (unpaired) electrons. The van der Waals surface area contributed by atoms with E-state index in [1.807, 2.05) is 54.6 Å². The van der Waals surface area contributed by atoms with E-state index in [1.54, 1.807) is 6.20 Å². The number of rotatable bonds is 10. The first kappa shape index (κ1) is 24.0. The summed E-state index contributed by atoms with van der Waals surface area (Å²) in [4.78, 5) is 54.5. The average molecular weight is 476 g/mol. The molecule has 2 heterocycles. The number of H-pyrrole nitrogens is 1. The molecular formula is C26H29N5O4. The predicted octanol–water partition coefficient (Wildman–Crippen LogP) is 1.03. The van der Waals surface area contributed by atoms with Gasteiger partial charge in [-0.15, -0.1) is 0 Å². The van der Waals surface area contributed by atoms with Gasteiger partial charge in [-0.3, -0.25) is 19.2 Å². The van der Waals surface area contributed by atoms with Gasteiger partial charge < -0.3 is 26.3 Å². The quantitative estimate of drug-likeness (QED) is 0.326. The van der Waals surface area contributed by atoms with Crippen LogP contribution in [0.25, 0.3) is 10.9 Å². The number of carbonyl (C=O) groups excluding carboxylic acids is 4. The normalized spacial score (nSPS) is 17.0. The highest BCUT2D eigenvalue weighted by atomic mass is 16.2. The van der Waals surface area contributed by atoms with Gasteiger partial charge in [-0.05, 0) is 30.0 Å². The minimum absolute atomic E-state index is 0.201. The fourth-order valence-corrected chi connectivity index (χ4v) is 4.54. The number of nitrogens with one attached hydrogen (secondary N) is 3. The van der Waals surface area contributed by atoms with Crippen molar-refractivity contribution >= 4 is 35.0 Å². The molecule has 1 saturated heterocycles. The lowest BCUT2D eigenvalue weighted by atomic mass is 10.0. The van der Waals surface area contributed by atoms with Crippen LogP contribution in [-0.4, -0.2) is 58.7 Å². The maximum atomic E-state index is 13.4. The third-order valence-corrected chi connectivity index (χ3v) is 6.41. The van der Waals surface area contributed by atoms with Crippen LogP contribution in [0.2, 0.25) is 0 Å². The SMILES string of the molecule is NC(=O)C(Cc1ccccc1)NC(=O)C(Cc1c[nH]c2ccccc12)NC(=O)C1CCCN1C=O. The van der Waals surface area contributed by atoms with Crippen LogP contribution < -0.4 is 16.4 Å². The first-order valence-corrected chi connectivity index (χ1v) is 11.7. The Kier molecular flexibility index (Phi) is 7.45. The smallest absolute Gasteiger partial charge is 0.243 e. The summed E-state index contributed by atoms with van der Waals surface area (Å²) in [5.74, 6) is -1.57. The molecule has 1 fully saturated rings. The number of likely N-dealkylation sites (tertiary alicyclic amines) is 1. The topological polar surface area (TPSA) is 137 Å².